The Hall–Kier alpha value is -1.55. The Balaban J connectivity index is 2.33. The maximum atomic E-state index is 12.1. The predicted octanol–water partition coefficient (Wildman–Crippen LogP) is 1.98. The molecule has 2 N–H and O–H groups in total. The topological polar surface area (TPSA) is 49.6 Å². The molecule has 19 heavy (non-hydrogen) atoms. The van der Waals surface area contributed by atoms with Gasteiger partial charge in [-0.1, -0.05) is 12.1 Å². The average Bonchev–Trinajstić information content (AvgIpc) is 2.65. The molecule has 0 spiro atoms. The van der Waals surface area contributed by atoms with Gasteiger partial charge >= 0.3 is 6.03 Å². The summed E-state index contributed by atoms with van der Waals surface area (Å²) in [4.78, 5) is 15.8. The molecule has 0 bridgehead atoms. The Morgan fingerprint density at radius 3 is 2.58 bits per heavy atom. The van der Waals surface area contributed by atoms with Crippen molar-refractivity contribution in [1.29, 1.82) is 0 Å². The molecular weight excluding hydrogens is 238 g/mol. The van der Waals surface area contributed by atoms with E-state index in [2.05, 4.69) is 32.9 Å². The molecule has 1 fully saturated rings. The molecule has 4 nitrogen and oxygen atoms in total. The third-order valence-corrected chi connectivity index (χ3v) is 4.29. The molecule has 1 unspecified atom stereocenters. The lowest BCUT2D eigenvalue weighted by Gasteiger charge is -2.21. The van der Waals surface area contributed by atoms with Crippen LogP contribution >= 0.6 is 0 Å². The largest absolute Gasteiger partial charge is 0.329 e. The van der Waals surface area contributed by atoms with Crippen molar-refractivity contribution in [3.63, 3.8) is 0 Å². The van der Waals surface area contributed by atoms with Crippen LogP contribution in [0.15, 0.2) is 12.1 Å². The van der Waals surface area contributed by atoms with Gasteiger partial charge in [-0.05, 0) is 43.0 Å². The quantitative estimate of drug-likeness (QED) is 0.904. The second-order valence-electron chi connectivity index (χ2n) is 5.37. The number of nitrogens with two attached hydrogens (primary N) is 1. The first-order valence-corrected chi connectivity index (χ1v) is 6.76. The fraction of sp³-hybridized carbons (Fsp3) is 0.533. The minimum Gasteiger partial charge on any atom is -0.329 e. The third kappa shape index (κ3) is 2.32. The van der Waals surface area contributed by atoms with E-state index in [1.807, 2.05) is 16.8 Å². The van der Waals surface area contributed by atoms with Gasteiger partial charge in [-0.2, -0.15) is 0 Å². The van der Waals surface area contributed by atoms with Crippen molar-refractivity contribution in [3.8, 4) is 0 Å². The fourth-order valence-electron chi connectivity index (χ4n) is 2.75. The van der Waals surface area contributed by atoms with Crippen molar-refractivity contribution in [3.05, 3.63) is 34.4 Å². The first-order chi connectivity index (χ1) is 8.97. The van der Waals surface area contributed by atoms with Crippen LogP contribution in [0.4, 0.5) is 4.79 Å². The van der Waals surface area contributed by atoms with Gasteiger partial charge in [-0.15, -0.1) is 0 Å². The SMILES string of the molecule is Cc1ccc(C2CN(CCN)C(=O)N2C)c(C)c1C. The van der Waals surface area contributed by atoms with Gasteiger partial charge in [0.2, 0.25) is 0 Å². The number of nitrogens with zero attached hydrogens (tertiary/aromatic N) is 2. The van der Waals surface area contributed by atoms with Gasteiger partial charge in [0.15, 0.2) is 0 Å². The molecule has 0 aromatic heterocycles. The van der Waals surface area contributed by atoms with Crippen LogP contribution in [0.3, 0.4) is 0 Å². The van der Waals surface area contributed by atoms with Crippen molar-refractivity contribution in [2.45, 2.75) is 26.8 Å². The summed E-state index contributed by atoms with van der Waals surface area (Å²) < 4.78 is 0. The van der Waals surface area contributed by atoms with Gasteiger partial charge in [0.05, 0.1) is 6.04 Å². The summed E-state index contributed by atoms with van der Waals surface area (Å²) in [6.07, 6.45) is 0. The van der Waals surface area contributed by atoms with Crippen LogP contribution in [-0.4, -0.2) is 42.5 Å². The first kappa shape index (κ1) is 13.9. The Kier molecular flexibility index (Phi) is 3.80. The number of carbonyl (C=O) groups is 1. The number of hydrogen-bond acceptors (Lipinski definition) is 2. The van der Waals surface area contributed by atoms with Crippen molar-refractivity contribution in [1.82, 2.24) is 9.80 Å². The highest BCUT2D eigenvalue weighted by atomic mass is 16.2. The monoisotopic (exact) mass is 261 g/mol. The molecule has 1 aromatic carbocycles. The zero-order chi connectivity index (χ0) is 14.2. The summed E-state index contributed by atoms with van der Waals surface area (Å²) in [6, 6.07) is 4.51. The van der Waals surface area contributed by atoms with Gasteiger partial charge in [0.25, 0.3) is 0 Å². The lowest BCUT2D eigenvalue weighted by molar-refractivity contribution is 0.196. The molecule has 0 radical (unpaired) electrons. The summed E-state index contributed by atoms with van der Waals surface area (Å²) in [7, 11) is 1.87. The number of urea groups is 1. The zero-order valence-electron chi connectivity index (χ0n) is 12.2. The third-order valence-electron chi connectivity index (χ3n) is 4.29. The van der Waals surface area contributed by atoms with Crippen LogP contribution in [0.25, 0.3) is 0 Å². The molecule has 4 heteroatoms. The van der Waals surface area contributed by atoms with Gasteiger partial charge in [-0.3, -0.25) is 0 Å². The standard InChI is InChI=1S/C15H23N3O/c1-10-5-6-13(12(3)11(10)2)14-9-18(8-7-16)15(19)17(14)4/h5-6,14H,7-9,16H2,1-4H3. The lowest BCUT2D eigenvalue weighted by atomic mass is 9.94. The highest BCUT2D eigenvalue weighted by Crippen LogP contribution is 2.31. The maximum absolute atomic E-state index is 12.1. The van der Waals surface area contributed by atoms with E-state index in [1.165, 1.54) is 22.3 Å². The molecule has 2 rings (SSSR count). The van der Waals surface area contributed by atoms with Gasteiger partial charge < -0.3 is 15.5 Å². The van der Waals surface area contributed by atoms with Gasteiger partial charge in [0.1, 0.15) is 0 Å². The predicted molar refractivity (Wildman–Crippen MR) is 77.2 cm³/mol. The summed E-state index contributed by atoms with van der Waals surface area (Å²) in [5, 5.41) is 0. The summed E-state index contributed by atoms with van der Waals surface area (Å²) >= 11 is 0. The molecule has 1 atom stereocenters. The Labute approximate surface area is 115 Å². The Morgan fingerprint density at radius 1 is 1.26 bits per heavy atom. The van der Waals surface area contributed by atoms with E-state index >= 15 is 0 Å². The van der Waals surface area contributed by atoms with Crippen LogP contribution in [0.1, 0.15) is 28.3 Å². The van der Waals surface area contributed by atoms with Gasteiger partial charge in [-0.25, -0.2) is 4.79 Å². The van der Waals surface area contributed by atoms with E-state index in [0.717, 1.165) is 6.54 Å². The van der Waals surface area contributed by atoms with Crippen molar-refractivity contribution >= 4 is 6.03 Å². The van der Waals surface area contributed by atoms with Crippen LogP contribution in [-0.2, 0) is 0 Å². The number of carbonyl (C=O) groups excluding carboxylic acids is 1. The van der Waals surface area contributed by atoms with E-state index in [4.69, 9.17) is 5.73 Å². The van der Waals surface area contributed by atoms with E-state index in [-0.39, 0.29) is 12.1 Å². The van der Waals surface area contributed by atoms with Gasteiger partial charge in [0, 0.05) is 26.7 Å². The van der Waals surface area contributed by atoms with Crippen molar-refractivity contribution in [2.75, 3.05) is 26.7 Å². The highest BCUT2D eigenvalue weighted by molar-refractivity contribution is 5.77. The molecule has 0 aliphatic carbocycles. The Bertz CT molecular complexity index is 498. The van der Waals surface area contributed by atoms with E-state index in [1.54, 1.807) is 0 Å². The van der Waals surface area contributed by atoms with Crippen LogP contribution < -0.4 is 5.73 Å². The number of likely N-dealkylation sites (N-methyl/N-ethyl adjacent to an activating group) is 1. The average molecular weight is 261 g/mol. The molecule has 0 saturated carbocycles. The van der Waals surface area contributed by atoms with Crippen LogP contribution in [0.5, 0.6) is 0 Å². The minimum atomic E-state index is 0.0769. The second-order valence-corrected chi connectivity index (χ2v) is 5.37. The molecule has 1 aromatic rings. The minimum absolute atomic E-state index is 0.0769. The number of benzene rings is 1. The Morgan fingerprint density at radius 2 is 1.95 bits per heavy atom. The van der Waals surface area contributed by atoms with E-state index in [0.29, 0.717) is 13.1 Å². The van der Waals surface area contributed by atoms with E-state index in [9.17, 15) is 4.79 Å². The normalized spacial score (nSPS) is 19.4. The summed E-state index contributed by atoms with van der Waals surface area (Å²) in [5.41, 5.74) is 10.7. The maximum Gasteiger partial charge on any atom is 0.320 e. The number of hydrogen-bond donors (Lipinski definition) is 1. The van der Waals surface area contributed by atoms with Crippen molar-refractivity contribution < 1.29 is 4.79 Å². The fourth-order valence-corrected chi connectivity index (χ4v) is 2.75. The molecule has 1 heterocycles. The van der Waals surface area contributed by atoms with E-state index < -0.39 is 0 Å². The first-order valence-electron chi connectivity index (χ1n) is 6.76. The lowest BCUT2D eigenvalue weighted by Crippen LogP contribution is -2.33. The molecule has 1 saturated heterocycles. The van der Waals surface area contributed by atoms with Crippen LogP contribution in [0.2, 0.25) is 0 Å². The van der Waals surface area contributed by atoms with Crippen LogP contribution in [0, 0.1) is 20.8 Å². The molecule has 2 amide bonds. The molecule has 104 valence electrons. The smallest absolute Gasteiger partial charge is 0.320 e. The summed E-state index contributed by atoms with van der Waals surface area (Å²) in [6.45, 7) is 8.28. The molecule has 1 aliphatic heterocycles. The highest BCUT2D eigenvalue weighted by Gasteiger charge is 2.35. The molecular formula is C15H23N3O. The second kappa shape index (κ2) is 5.21. The number of rotatable bonds is 3. The van der Waals surface area contributed by atoms with Crippen molar-refractivity contribution in [2.24, 2.45) is 5.73 Å². The summed E-state index contributed by atoms with van der Waals surface area (Å²) in [5.74, 6) is 0. The molecule has 1 aliphatic rings. The zero-order valence-corrected chi connectivity index (χ0v) is 12.2. The number of aryl methyl sites for hydroxylation is 1. The number of amides is 2.